The summed E-state index contributed by atoms with van der Waals surface area (Å²) in [6.45, 7) is 6.75. The lowest BCUT2D eigenvalue weighted by atomic mass is 10.2. The van der Waals surface area contributed by atoms with Gasteiger partial charge in [-0.15, -0.1) is 11.3 Å². The van der Waals surface area contributed by atoms with E-state index in [1.165, 1.54) is 15.3 Å². The maximum absolute atomic E-state index is 5.79. The van der Waals surface area contributed by atoms with Crippen LogP contribution in [0.25, 0.3) is 0 Å². The van der Waals surface area contributed by atoms with Gasteiger partial charge in [0.1, 0.15) is 6.61 Å². The molecule has 2 heterocycles. The van der Waals surface area contributed by atoms with Gasteiger partial charge in [-0.1, -0.05) is 6.92 Å². The van der Waals surface area contributed by atoms with Crippen molar-refractivity contribution in [3.63, 3.8) is 0 Å². The van der Waals surface area contributed by atoms with Crippen LogP contribution in [-0.4, -0.2) is 16.8 Å². The fourth-order valence-corrected chi connectivity index (χ4v) is 2.98. The summed E-state index contributed by atoms with van der Waals surface area (Å²) in [6, 6.07) is 2.22. The summed E-state index contributed by atoms with van der Waals surface area (Å²) in [7, 11) is 1.97. The Balaban J connectivity index is 1.93. The molecule has 0 spiro atoms. The average molecular weight is 279 g/mol. The largest absolute Gasteiger partial charge is 0.486 e. The van der Waals surface area contributed by atoms with Crippen molar-refractivity contribution >= 4 is 11.3 Å². The number of nitrogens with one attached hydrogen (secondary N) is 1. The molecule has 0 atom stereocenters. The molecule has 4 nitrogen and oxygen atoms in total. The zero-order valence-electron chi connectivity index (χ0n) is 11.8. The summed E-state index contributed by atoms with van der Waals surface area (Å²) >= 11 is 1.82. The number of rotatable bonds is 7. The molecule has 19 heavy (non-hydrogen) atoms. The number of aromatic nitrogens is 2. The lowest BCUT2D eigenvalue weighted by Gasteiger charge is -2.02. The Morgan fingerprint density at radius 2 is 2.32 bits per heavy atom. The monoisotopic (exact) mass is 279 g/mol. The quantitative estimate of drug-likeness (QED) is 0.847. The predicted molar refractivity (Wildman–Crippen MR) is 78.7 cm³/mol. The van der Waals surface area contributed by atoms with E-state index in [0.717, 1.165) is 25.3 Å². The molecule has 2 rings (SSSR count). The van der Waals surface area contributed by atoms with Crippen molar-refractivity contribution < 1.29 is 4.74 Å². The fourth-order valence-electron chi connectivity index (χ4n) is 1.92. The van der Waals surface area contributed by atoms with Gasteiger partial charge in [0.15, 0.2) is 5.75 Å². The molecule has 0 fully saturated rings. The van der Waals surface area contributed by atoms with Crippen LogP contribution in [0.4, 0.5) is 0 Å². The van der Waals surface area contributed by atoms with Crippen molar-refractivity contribution in [3.8, 4) is 5.75 Å². The minimum absolute atomic E-state index is 0.615. The van der Waals surface area contributed by atoms with E-state index in [4.69, 9.17) is 4.74 Å². The summed E-state index contributed by atoms with van der Waals surface area (Å²) < 4.78 is 7.71. The van der Waals surface area contributed by atoms with E-state index in [0.29, 0.717) is 6.61 Å². The Morgan fingerprint density at radius 3 is 3.05 bits per heavy atom. The Morgan fingerprint density at radius 1 is 1.47 bits per heavy atom. The molecule has 0 amide bonds. The third-order valence-corrected chi connectivity index (χ3v) is 3.97. The number of hydrogen-bond donors (Lipinski definition) is 1. The third-order valence-electron chi connectivity index (χ3n) is 2.88. The second-order valence-electron chi connectivity index (χ2n) is 4.55. The molecule has 104 valence electrons. The summed E-state index contributed by atoms with van der Waals surface area (Å²) in [5, 5.41) is 7.43. The van der Waals surface area contributed by atoms with E-state index < -0.39 is 0 Å². The maximum atomic E-state index is 5.79. The van der Waals surface area contributed by atoms with Gasteiger partial charge in [0, 0.05) is 28.4 Å². The molecule has 0 aromatic carbocycles. The van der Waals surface area contributed by atoms with Crippen LogP contribution in [0, 0.1) is 6.92 Å². The molecule has 0 saturated carbocycles. The first-order valence-corrected chi connectivity index (χ1v) is 7.42. The van der Waals surface area contributed by atoms with E-state index in [1.807, 2.05) is 29.3 Å². The van der Waals surface area contributed by atoms with E-state index in [9.17, 15) is 0 Å². The summed E-state index contributed by atoms with van der Waals surface area (Å²) in [5.74, 6) is 0.842. The second-order valence-corrected chi connectivity index (χ2v) is 5.89. The van der Waals surface area contributed by atoms with Gasteiger partial charge in [-0.05, 0) is 26.5 Å². The van der Waals surface area contributed by atoms with Gasteiger partial charge < -0.3 is 10.1 Å². The second kappa shape index (κ2) is 6.73. The first kappa shape index (κ1) is 14.1. The van der Waals surface area contributed by atoms with Crippen LogP contribution >= 0.6 is 11.3 Å². The smallest absolute Gasteiger partial charge is 0.157 e. The first-order valence-electron chi connectivity index (χ1n) is 6.61. The molecule has 0 aliphatic rings. The fraction of sp³-hybridized carbons (Fsp3) is 0.500. The van der Waals surface area contributed by atoms with Gasteiger partial charge in [0.2, 0.25) is 0 Å². The van der Waals surface area contributed by atoms with Gasteiger partial charge in [-0.3, -0.25) is 4.68 Å². The molecular formula is C14H21N3OS. The highest BCUT2D eigenvalue weighted by atomic mass is 32.1. The number of aryl methyl sites for hydroxylation is 2. The lowest BCUT2D eigenvalue weighted by Crippen LogP contribution is -2.02. The van der Waals surface area contributed by atoms with Gasteiger partial charge >= 0.3 is 0 Å². The minimum atomic E-state index is 0.615. The highest BCUT2D eigenvalue weighted by Crippen LogP contribution is 2.23. The molecular weight excluding hydrogens is 258 g/mol. The topological polar surface area (TPSA) is 39.1 Å². The van der Waals surface area contributed by atoms with Crippen molar-refractivity contribution in [2.45, 2.75) is 40.0 Å². The van der Waals surface area contributed by atoms with Crippen LogP contribution < -0.4 is 10.1 Å². The van der Waals surface area contributed by atoms with E-state index in [2.05, 4.69) is 30.3 Å². The van der Waals surface area contributed by atoms with Crippen molar-refractivity contribution in [2.24, 2.45) is 0 Å². The zero-order valence-corrected chi connectivity index (χ0v) is 12.6. The van der Waals surface area contributed by atoms with Crippen molar-refractivity contribution in [1.82, 2.24) is 15.1 Å². The molecule has 0 saturated heterocycles. The standard InChI is InChI=1S/C14H21N3OS/c1-4-5-17-9-13(7-16-17)18-10-12-6-14(8-15-3)19-11(12)2/h6-7,9,15H,4-5,8,10H2,1-3H3. The van der Waals surface area contributed by atoms with Gasteiger partial charge in [-0.2, -0.15) is 5.10 Å². The zero-order chi connectivity index (χ0) is 13.7. The number of nitrogens with zero attached hydrogens (tertiary/aromatic N) is 2. The molecule has 0 radical (unpaired) electrons. The normalized spacial score (nSPS) is 10.9. The van der Waals surface area contributed by atoms with Crippen LogP contribution in [0.3, 0.4) is 0 Å². The van der Waals surface area contributed by atoms with Gasteiger partial charge in [0.05, 0.1) is 12.4 Å². The number of thiophene rings is 1. The summed E-state index contributed by atoms with van der Waals surface area (Å²) in [6.07, 6.45) is 4.82. The van der Waals surface area contributed by atoms with Gasteiger partial charge in [0.25, 0.3) is 0 Å². The third kappa shape index (κ3) is 3.81. The average Bonchev–Trinajstić information content (AvgIpc) is 2.95. The molecule has 2 aromatic rings. The predicted octanol–water partition coefficient (Wildman–Crippen LogP) is 2.96. The minimum Gasteiger partial charge on any atom is -0.486 e. The van der Waals surface area contributed by atoms with Crippen LogP contribution in [0.2, 0.25) is 0 Å². The molecule has 1 N–H and O–H groups in total. The van der Waals surface area contributed by atoms with E-state index >= 15 is 0 Å². The highest BCUT2D eigenvalue weighted by molar-refractivity contribution is 7.12. The Hall–Kier alpha value is -1.33. The molecule has 0 aliphatic heterocycles. The van der Waals surface area contributed by atoms with E-state index in [1.54, 1.807) is 6.20 Å². The summed E-state index contributed by atoms with van der Waals surface area (Å²) in [4.78, 5) is 2.67. The van der Waals surface area contributed by atoms with Crippen molar-refractivity contribution in [1.29, 1.82) is 0 Å². The maximum Gasteiger partial charge on any atom is 0.157 e. The highest BCUT2D eigenvalue weighted by Gasteiger charge is 2.06. The summed E-state index contributed by atoms with van der Waals surface area (Å²) in [5.41, 5.74) is 1.26. The molecule has 0 unspecified atom stereocenters. The van der Waals surface area contributed by atoms with Crippen LogP contribution in [-0.2, 0) is 19.7 Å². The Labute approximate surface area is 118 Å². The van der Waals surface area contributed by atoms with Crippen molar-refractivity contribution in [2.75, 3.05) is 7.05 Å². The van der Waals surface area contributed by atoms with Crippen LogP contribution in [0.1, 0.15) is 28.7 Å². The molecule has 0 aliphatic carbocycles. The lowest BCUT2D eigenvalue weighted by molar-refractivity contribution is 0.305. The number of hydrogen-bond acceptors (Lipinski definition) is 4. The van der Waals surface area contributed by atoms with Gasteiger partial charge in [-0.25, -0.2) is 0 Å². The molecule has 0 bridgehead atoms. The van der Waals surface area contributed by atoms with Crippen molar-refractivity contribution in [3.05, 3.63) is 33.8 Å². The molecule has 2 aromatic heterocycles. The Bertz CT molecular complexity index is 518. The number of ether oxygens (including phenoxy) is 1. The van der Waals surface area contributed by atoms with Crippen LogP contribution in [0.15, 0.2) is 18.5 Å². The molecule has 5 heteroatoms. The van der Waals surface area contributed by atoms with E-state index in [-0.39, 0.29) is 0 Å². The van der Waals surface area contributed by atoms with Crippen LogP contribution in [0.5, 0.6) is 5.75 Å². The Kier molecular flexibility index (Phi) is 4.99. The first-order chi connectivity index (χ1) is 9.22. The SMILES string of the molecule is CCCn1cc(OCc2cc(CNC)sc2C)cn1.